The molecule has 2 aliphatic rings. The summed E-state index contributed by atoms with van der Waals surface area (Å²) in [5.74, 6) is 2.65. The zero-order chi connectivity index (χ0) is 32.0. The summed E-state index contributed by atoms with van der Waals surface area (Å²) in [6.07, 6.45) is 4.93. The number of piperazine rings is 1. The van der Waals surface area contributed by atoms with Crippen LogP contribution in [0, 0.1) is 6.92 Å². The number of aryl methyl sites for hydroxylation is 1. The molecule has 5 aromatic rings. The summed E-state index contributed by atoms with van der Waals surface area (Å²) >= 11 is 0. The van der Waals surface area contributed by atoms with Crippen molar-refractivity contribution in [3.05, 3.63) is 114 Å². The highest BCUT2D eigenvalue weighted by Gasteiger charge is 2.29. The van der Waals surface area contributed by atoms with E-state index in [4.69, 9.17) is 9.97 Å². The summed E-state index contributed by atoms with van der Waals surface area (Å²) in [5.41, 5.74) is 5.26. The first-order valence-corrected chi connectivity index (χ1v) is 16.7. The summed E-state index contributed by atoms with van der Waals surface area (Å²) in [5, 5.41) is 7.79. The van der Waals surface area contributed by atoms with Gasteiger partial charge in [-0.15, -0.1) is 0 Å². The molecule has 2 N–H and O–H groups in total. The molecule has 2 aromatic heterocycles. The maximum atomic E-state index is 13.4. The lowest BCUT2D eigenvalue weighted by atomic mass is 10.00. The van der Waals surface area contributed by atoms with E-state index >= 15 is 0 Å². The average Bonchev–Trinajstić information content (AvgIpc) is 3.12. The van der Waals surface area contributed by atoms with Crippen LogP contribution in [0.2, 0.25) is 0 Å². The van der Waals surface area contributed by atoms with Crippen molar-refractivity contribution in [2.75, 3.05) is 53.2 Å². The van der Waals surface area contributed by atoms with Gasteiger partial charge in [0.15, 0.2) is 0 Å². The second kappa shape index (κ2) is 14.2. The second-order valence-electron chi connectivity index (χ2n) is 12.6. The molecule has 47 heavy (non-hydrogen) atoms. The molecule has 0 bridgehead atoms. The van der Waals surface area contributed by atoms with Gasteiger partial charge in [0.1, 0.15) is 11.6 Å². The predicted molar refractivity (Wildman–Crippen MR) is 190 cm³/mol. The van der Waals surface area contributed by atoms with Gasteiger partial charge in [0.25, 0.3) is 0 Å². The fraction of sp³-hybridized carbons (Fsp3) is 0.316. The van der Waals surface area contributed by atoms with E-state index in [0.29, 0.717) is 6.54 Å². The van der Waals surface area contributed by atoms with Crippen LogP contribution < -0.4 is 20.4 Å². The van der Waals surface area contributed by atoms with Crippen molar-refractivity contribution in [2.24, 2.45) is 0 Å². The zero-order valence-electron chi connectivity index (χ0n) is 27.0. The smallest absolute Gasteiger partial charge is 0.241 e. The Kier molecular flexibility index (Phi) is 9.24. The molecule has 1 amide bonds. The standard InChI is InChI=1S/C38H42N8O/c1-28-13-18-33-32(25-28)36(43-38(42-33)45-23-21-44(22-24-45)35-12-5-7-19-39-35)40-26-29-14-16-31(17-15-29)41-37(47)34-11-6-8-20-46(34)27-30-9-3-2-4-10-30/h2-5,7,9-10,12-19,25,34H,6,8,11,20-24,26-27H2,1H3,(H,41,47)(H,40,42,43). The highest BCUT2D eigenvalue weighted by Crippen LogP contribution is 2.27. The molecular formula is C38H42N8O. The lowest BCUT2D eigenvalue weighted by Crippen LogP contribution is -2.47. The number of fused-ring (bicyclic) bond motifs is 1. The molecule has 9 nitrogen and oxygen atoms in total. The fourth-order valence-electron chi connectivity index (χ4n) is 6.59. The lowest BCUT2D eigenvalue weighted by molar-refractivity contribution is -0.122. The van der Waals surface area contributed by atoms with Crippen LogP contribution >= 0.6 is 0 Å². The molecule has 2 fully saturated rings. The average molecular weight is 627 g/mol. The van der Waals surface area contributed by atoms with Crippen LogP contribution in [0.1, 0.15) is 36.0 Å². The van der Waals surface area contributed by atoms with Crippen molar-refractivity contribution in [3.8, 4) is 0 Å². The summed E-state index contributed by atoms with van der Waals surface area (Å²) in [6.45, 7) is 7.82. The van der Waals surface area contributed by atoms with Crippen LogP contribution in [-0.2, 0) is 17.9 Å². The third-order valence-electron chi connectivity index (χ3n) is 9.20. The predicted octanol–water partition coefficient (Wildman–Crippen LogP) is 6.27. The molecule has 240 valence electrons. The monoisotopic (exact) mass is 626 g/mol. The van der Waals surface area contributed by atoms with E-state index in [1.807, 2.05) is 36.5 Å². The number of nitrogens with one attached hydrogen (secondary N) is 2. The Morgan fingerprint density at radius 3 is 2.38 bits per heavy atom. The number of aromatic nitrogens is 3. The van der Waals surface area contributed by atoms with E-state index in [2.05, 4.69) is 97.9 Å². The first-order chi connectivity index (χ1) is 23.1. The van der Waals surface area contributed by atoms with Crippen LogP contribution in [0.3, 0.4) is 0 Å². The molecule has 1 unspecified atom stereocenters. The van der Waals surface area contributed by atoms with E-state index in [0.717, 1.165) is 98.3 Å². The fourth-order valence-corrected chi connectivity index (χ4v) is 6.59. The molecule has 2 aliphatic heterocycles. The van der Waals surface area contributed by atoms with E-state index < -0.39 is 0 Å². The normalized spacial score (nSPS) is 17.1. The molecular weight excluding hydrogens is 584 g/mol. The van der Waals surface area contributed by atoms with Gasteiger partial charge in [0.05, 0.1) is 11.6 Å². The number of hydrogen-bond donors (Lipinski definition) is 2. The number of rotatable bonds is 9. The van der Waals surface area contributed by atoms with Gasteiger partial charge in [-0.3, -0.25) is 9.69 Å². The second-order valence-corrected chi connectivity index (χ2v) is 12.6. The van der Waals surface area contributed by atoms with Gasteiger partial charge in [-0.05, 0) is 73.8 Å². The van der Waals surface area contributed by atoms with Gasteiger partial charge in [-0.1, -0.05) is 66.6 Å². The van der Waals surface area contributed by atoms with Crippen molar-refractivity contribution in [1.29, 1.82) is 0 Å². The lowest BCUT2D eigenvalue weighted by Gasteiger charge is -2.35. The van der Waals surface area contributed by atoms with E-state index in [-0.39, 0.29) is 11.9 Å². The third kappa shape index (κ3) is 7.36. The minimum Gasteiger partial charge on any atom is -0.365 e. The Balaban J connectivity index is 1.00. The van der Waals surface area contributed by atoms with E-state index in [9.17, 15) is 4.79 Å². The largest absolute Gasteiger partial charge is 0.365 e. The minimum absolute atomic E-state index is 0.0720. The van der Waals surface area contributed by atoms with Crippen LogP contribution in [0.25, 0.3) is 10.9 Å². The third-order valence-corrected chi connectivity index (χ3v) is 9.20. The zero-order valence-corrected chi connectivity index (χ0v) is 27.0. The van der Waals surface area contributed by atoms with Crippen molar-refractivity contribution < 1.29 is 4.79 Å². The van der Waals surface area contributed by atoms with Crippen molar-refractivity contribution >= 4 is 40.1 Å². The summed E-state index contributed by atoms with van der Waals surface area (Å²) < 4.78 is 0. The number of carbonyl (C=O) groups excluding carboxylic acids is 1. The number of benzene rings is 3. The van der Waals surface area contributed by atoms with E-state index in [1.165, 1.54) is 11.1 Å². The highest BCUT2D eigenvalue weighted by atomic mass is 16.2. The Hall–Kier alpha value is -5.02. The van der Waals surface area contributed by atoms with Gasteiger partial charge in [0.2, 0.25) is 11.9 Å². The van der Waals surface area contributed by atoms with Crippen LogP contribution in [0.5, 0.6) is 0 Å². The van der Waals surface area contributed by atoms with Gasteiger partial charge in [-0.25, -0.2) is 9.97 Å². The Morgan fingerprint density at radius 1 is 0.809 bits per heavy atom. The first-order valence-electron chi connectivity index (χ1n) is 16.7. The molecule has 3 aromatic carbocycles. The van der Waals surface area contributed by atoms with Gasteiger partial charge in [-0.2, -0.15) is 4.98 Å². The van der Waals surface area contributed by atoms with Crippen LogP contribution in [0.4, 0.5) is 23.3 Å². The molecule has 1 atom stereocenters. The molecule has 0 aliphatic carbocycles. The van der Waals surface area contributed by atoms with Crippen molar-refractivity contribution in [1.82, 2.24) is 19.9 Å². The topological polar surface area (TPSA) is 89.5 Å². The number of amides is 1. The maximum absolute atomic E-state index is 13.4. The Morgan fingerprint density at radius 2 is 1.60 bits per heavy atom. The molecule has 0 spiro atoms. The highest BCUT2D eigenvalue weighted by molar-refractivity contribution is 5.95. The molecule has 0 radical (unpaired) electrons. The molecule has 9 heteroatoms. The number of pyridine rings is 1. The minimum atomic E-state index is -0.119. The van der Waals surface area contributed by atoms with Crippen molar-refractivity contribution in [3.63, 3.8) is 0 Å². The van der Waals surface area contributed by atoms with E-state index in [1.54, 1.807) is 0 Å². The quantitative estimate of drug-likeness (QED) is 0.198. The number of likely N-dealkylation sites (tertiary alicyclic amines) is 1. The van der Waals surface area contributed by atoms with Gasteiger partial charge < -0.3 is 20.4 Å². The van der Waals surface area contributed by atoms with Gasteiger partial charge in [0, 0.05) is 56.5 Å². The Labute approximate surface area is 276 Å². The van der Waals surface area contributed by atoms with Crippen molar-refractivity contribution in [2.45, 2.75) is 45.3 Å². The number of carbonyl (C=O) groups is 1. The molecule has 0 saturated carbocycles. The molecule has 4 heterocycles. The number of piperidine rings is 1. The summed E-state index contributed by atoms with van der Waals surface area (Å²) in [4.78, 5) is 34.8. The van der Waals surface area contributed by atoms with Crippen LogP contribution in [0.15, 0.2) is 97.2 Å². The van der Waals surface area contributed by atoms with Gasteiger partial charge >= 0.3 is 0 Å². The maximum Gasteiger partial charge on any atom is 0.241 e. The number of nitrogens with zero attached hydrogens (tertiary/aromatic N) is 6. The number of hydrogen-bond acceptors (Lipinski definition) is 8. The first kappa shape index (κ1) is 30.6. The summed E-state index contributed by atoms with van der Waals surface area (Å²) in [7, 11) is 0. The Bertz CT molecular complexity index is 1790. The SMILES string of the molecule is Cc1ccc2nc(N3CCN(c4ccccn4)CC3)nc(NCc3ccc(NC(=O)C4CCCCN4Cc4ccccc4)cc3)c2c1. The molecule has 7 rings (SSSR count). The summed E-state index contributed by atoms with van der Waals surface area (Å²) in [6, 6.07) is 30.8. The van der Waals surface area contributed by atoms with Crippen LogP contribution in [-0.4, -0.2) is 64.5 Å². The number of anilines is 4. The molecule has 2 saturated heterocycles.